The Kier molecular flexibility index (Phi) is 13.8. The molecule has 0 radical (unpaired) electrons. The van der Waals surface area contributed by atoms with E-state index < -0.39 is 68.7 Å². The summed E-state index contributed by atoms with van der Waals surface area (Å²) in [4.78, 5) is 0. The van der Waals surface area contributed by atoms with Gasteiger partial charge >= 0.3 is 0 Å². The van der Waals surface area contributed by atoms with Crippen LogP contribution in [-0.4, -0.2) is 132 Å². The van der Waals surface area contributed by atoms with Gasteiger partial charge in [0, 0.05) is 0 Å². The van der Waals surface area contributed by atoms with Gasteiger partial charge in [0.15, 0.2) is 0 Å². The van der Waals surface area contributed by atoms with Crippen molar-refractivity contribution in [1.82, 2.24) is 0 Å². The van der Waals surface area contributed by atoms with Gasteiger partial charge in [0.25, 0.3) is 0 Å². The van der Waals surface area contributed by atoms with Crippen molar-refractivity contribution in [1.29, 1.82) is 0 Å². The SMILES string of the molecule is O.OCC(O)C1OCC(O)[C@@H]1O.OC[C@@H](O)[C@@H](O)[C@H](O)[C@@H](O)CO. The minimum Gasteiger partial charge on any atom is -0.412 e. The molecule has 1 aliphatic rings. The third-order valence-electron chi connectivity index (χ3n) is 3.27. The van der Waals surface area contributed by atoms with Gasteiger partial charge in [-0.05, 0) is 0 Å². The van der Waals surface area contributed by atoms with Crippen molar-refractivity contribution < 1.29 is 61.3 Å². The second-order valence-electron chi connectivity index (χ2n) is 5.09. The van der Waals surface area contributed by atoms with Crippen molar-refractivity contribution in [3.63, 3.8) is 0 Å². The van der Waals surface area contributed by atoms with Crippen LogP contribution in [0.4, 0.5) is 0 Å². The number of rotatable bonds is 7. The van der Waals surface area contributed by atoms with Crippen molar-refractivity contribution >= 4 is 0 Å². The molecule has 3 unspecified atom stereocenters. The van der Waals surface area contributed by atoms with Crippen LogP contribution < -0.4 is 0 Å². The minimum atomic E-state index is -1.67. The molecule has 148 valence electrons. The second-order valence-corrected chi connectivity index (χ2v) is 5.09. The normalized spacial score (nSPS) is 29.5. The number of ether oxygens (including phenoxy) is 1. The maximum atomic E-state index is 9.11. The molecule has 8 atom stereocenters. The molecule has 0 aromatic heterocycles. The molecule has 1 saturated heterocycles. The fraction of sp³-hybridized carbons (Fsp3) is 1.00. The molecule has 12 nitrogen and oxygen atoms in total. The highest BCUT2D eigenvalue weighted by atomic mass is 16.5. The van der Waals surface area contributed by atoms with Gasteiger partial charge in [-0.3, -0.25) is 0 Å². The van der Waals surface area contributed by atoms with Gasteiger partial charge in [0.2, 0.25) is 0 Å². The predicted molar refractivity (Wildman–Crippen MR) is 76.7 cm³/mol. The Morgan fingerprint density at radius 3 is 1.46 bits per heavy atom. The summed E-state index contributed by atoms with van der Waals surface area (Å²) >= 11 is 0. The predicted octanol–water partition coefficient (Wildman–Crippen LogP) is -6.95. The zero-order valence-corrected chi connectivity index (χ0v) is 12.8. The first-order valence-electron chi connectivity index (χ1n) is 6.91. The summed E-state index contributed by atoms with van der Waals surface area (Å²) in [7, 11) is 0. The Labute approximate surface area is 137 Å². The maximum absolute atomic E-state index is 9.11. The van der Waals surface area contributed by atoms with E-state index in [1.807, 2.05) is 0 Å². The average molecular weight is 364 g/mol. The highest BCUT2D eigenvalue weighted by Crippen LogP contribution is 2.16. The van der Waals surface area contributed by atoms with E-state index in [9.17, 15) is 0 Å². The van der Waals surface area contributed by atoms with Crippen LogP contribution in [0.1, 0.15) is 0 Å². The number of aliphatic hydroxyl groups excluding tert-OH is 10. The first-order valence-corrected chi connectivity index (χ1v) is 6.91. The van der Waals surface area contributed by atoms with Crippen molar-refractivity contribution in [3.8, 4) is 0 Å². The monoisotopic (exact) mass is 364 g/mol. The number of hydrogen-bond donors (Lipinski definition) is 10. The van der Waals surface area contributed by atoms with E-state index in [0.29, 0.717) is 0 Å². The van der Waals surface area contributed by atoms with Crippen LogP contribution in [0.3, 0.4) is 0 Å². The standard InChI is InChI=1S/C6H14O6.C6H12O5.H2O/c7-1-3(9)5(11)6(12)4(10)2-8;7-1-3(8)6-5(10)4(9)2-11-6;/h3-12H,1-2H2;3-10H,1-2H2;1H2/t3-,4+,5-,6-;3?,4?,5-,6?;/m10./s1. The summed E-state index contributed by atoms with van der Waals surface area (Å²) in [5.41, 5.74) is 0. The Bertz CT molecular complexity index is 292. The average Bonchev–Trinajstić information content (AvgIpc) is 2.91. The van der Waals surface area contributed by atoms with Gasteiger partial charge < -0.3 is 61.3 Å². The molecule has 0 amide bonds. The lowest BCUT2D eigenvalue weighted by Gasteiger charge is -2.24. The molecule has 0 aliphatic carbocycles. The molecular weight excluding hydrogens is 336 g/mol. The van der Waals surface area contributed by atoms with Crippen LogP contribution in [0.25, 0.3) is 0 Å². The quantitative estimate of drug-likeness (QED) is 0.203. The molecule has 0 bridgehead atoms. The first kappa shape index (κ1) is 25.8. The summed E-state index contributed by atoms with van der Waals surface area (Å²) in [5, 5.41) is 87.7. The van der Waals surface area contributed by atoms with Crippen molar-refractivity contribution in [3.05, 3.63) is 0 Å². The number of aliphatic hydroxyl groups is 10. The largest absolute Gasteiger partial charge is 0.412 e. The third kappa shape index (κ3) is 7.60. The molecule has 0 saturated carbocycles. The van der Waals surface area contributed by atoms with Crippen LogP contribution in [0, 0.1) is 0 Å². The minimum absolute atomic E-state index is 0. The van der Waals surface area contributed by atoms with Crippen LogP contribution in [0.5, 0.6) is 0 Å². The van der Waals surface area contributed by atoms with E-state index in [1.165, 1.54) is 0 Å². The highest BCUT2D eigenvalue weighted by Gasteiger charge is 2.38. The smallest absolute Gasteiger partial charge is 0.114 e. The fourth-order valence-corrected chi connectivity index (χ4v) is 1.74. The molecule has 12 N–H and O–H groups in total. The van der Waals surface area contributed by atoms with Gasteiger partial charge in [0.05, 0.1) is 26.4 Å². The molecule has 1 aliphatic heterocycles. The zero-order valence-electron chi connectivity index (χ0n) is 12.8. The van der Waals surface area contributed by atoms with Gasteiger partial charge in [-0.25, -0.2) is 0 Å². The maximum Gasteiger partial charge on any atom is 0.114 e. The topological polar surface area (TPSA) is 243 Å². The van der Waals surface area contributed by atoms with Gasteiger partial charge in [-0.2, -0.15) is 0 Å². The van der Waals surface area contributed by atoms with E-state index in [2.05, 4.69) is 0 Å². The lowest BCUT2D eigenvalue weighted by atomic mass is 10.0. The van der Waals surface area contributed by atoms with Crippen LogP contribution in [0.15, 0.2) is 0 Å². The molecule has 0 aromatic carbocycles. The van der Waals surface area contributed by atoms with Gasteiger partial charge in [-0.1, -0.05) is 0 Å². The highest BCUT2D eigenvalue weighted by molar-refractivity contribution is 4.87. The summed E-state index contributed by atoms with van der Waals surface area (Å²) in [6.45, 7) is -1.93. The summed E-state index contributed by atoms with van der Waals surface area (Å²) in [6, 6.07) is 0. The van der Waals surface area contributed by atoms with Crippen molar-refractivity contribution in [2.45, 2.75) is 48.8 Å². The Morgan fingerprint density at radius 1 is 0.792 bits per heavy atom. The van der Waals surface area contributed by atoms with Crippen molar-refractivity contribution in [2.75, 3.05) is 26.4 Å². The zero-order chi connectivity index (χ0) is 18.2. The van der Waals surface area contributed by atoms with Crippen LogP contribution in [-0.2, 0) is 4.74 Å². The summed E-state index contributed by atoms with van der Waals surface area (Å²) in [6.07, 6.45) is -10.4. The molecule has 24 heavy (non-hydrogen) atoms. The molecular formula is C12H28O12. The molecule has 0 aromatic rings. The van der Waals surface area contributed by atoms with Gasteiger partial charge in [-0.15, -0.1) is 0 Å². The lowest BCUT2D eigenvalue weighted by molar-refractivity contribution is -0.123. The lowest BCUT2D eigenvalue weighted by Crippen LogP contribution is -2.46. The first-order chi connectivity index (χ1) is 10.7. The van der Waals surface area contributed by atoms with E-state index in [-0.39, 0.29) is 12.1 Å². The summed E-state index contributed by atoms with van der Waals surface area (Å²) < 4.78 is 4.82. The van der Waals surface area contributed by atoms with E-state index in [4.69, 9.17) is 55.8 Å². The third-order valence-corrected chi connectivity index (χ3v) is 3.27. The molecule has 0 spiro atoms. The molecule has 1 heterocycles. The van der Waals surface area contributed by atoms with Crippen molar-refractivity contribution in [2.24, 2.45) is 0 Å². The van der Waals surface area contributed by atoms with Crippen LogP contribution in [0.2, 0.25) is 0 Å². The Hall–Kier alpha value is -0.480. The Balaban J connectivity index is 0. The number of hydrogen-bond acceptors (Lipinski definition) is 11. The molecule has 1 rings (SSSR count). The summed E-state index contributed by atoms with van der Waals surface area (Å²) in [5.74, 6) is 0. The van der Waals surface area contributed by atoms with E-state index in [0.717, 1.165) is 0 Å². The fourth-order valence-electron chi connectivity index (χ4n) is 1.74. The van der Waals surface area contributed by atoms with E-state index >= 15 is 0 Å². The second kappa shape index (κ2) is 12.8. The van der Waals surface area contributed by atoms with Crippen LogP contribution >= 0.6 is 0 Å². The molecule has 1 fully saturated rings. The van der Waals surface area contributed by atoms with Gasteiger partial charge in [0.1, 0.15) is 48.8 Å². The molecule has 12 heteroatoms. The Morgan fingerprint density at radius 2 is 1.21 bits per heavy atom. The van der Waals surface area contributed by atoms with E-state index in [1.54, 1.807) is 0 Å².